The summed E-state index contributed by atoms with van der Waals surface area (Å²) in [6, 6.07) is 18.6. The second-order valence-electron chi connectivity index (χ2n) is 5.21. The Hall–Kier alpha value is -1.92. The van der Waals surface area contributed by atoms with Crippen molar-refractivity contribution in [3.05, 3.63) is 89.4 Å². The minimum absolute atomic E-state index is 0.127. The lowest BCUT2D eigenvalue weighted by Crippen LogP contribution is -2.01. The van der Waals surface area contributed by atoms with E-state index in [4.69, 9.17) is 0 Å². The minimum Gasteiger partial charge on any atom is -0.207 e. The molecule has 1 heterocycles. The Kier molecular flexibility index (Phi) is 6.04. The summed E-state index contributed by atoms with van der Waals surface area (Å²) < 4.78 is 42.4. The molecular weight excluding hydrogens is 363 g/mol. The first kappa shape index (κ1) is 17.9. The number of rotatable bonds is 6. The Morgan fingerprint density at radius 3 is 1.76 bits per heavy atom. The Labute approximate surface area is 152 Å². The fourth-order valence-electron chi connectivity index (χ4n) is 2.15. The van der Waals surface area contributed by atoms with E-state index in [1.165, 1.54) is 0 Å². The van der Waals surface area contributed by atoms with Crippen LogP contribution in [0.15, 0.2) is 70.6 Å². The van der Waals surface area contributed by atoms with E-state index in [-0.39, 0.29) is 9.92 Å². The number of pyridine rings is 1. The maximum Gasteiger partial charge on any atom is 0.251 e. The van der Waals surface area contributed by atoms with Gasteiger partial charge in [-0.2, -0.15) is 4.39 Å². The highest BCUT2D eigenvalue weighted by atomic mass is 32.2. The lowest BCUT2D eigenvalue weighted by molar-refractivity contribution is 0.421. The average molecular weight is 377 g/mol. The predicted molar refractivity (Wildman–Crippen MR) is 96.1 cm³/mol. The molecule has 0 bridgehead atoms. The van der Waals surface area contributed by atoms with Gasteiger partial charge in [0.05, 0.1) is 4.90 Å². The van der Waals surface area contributed by atoms with Crippen LogP contribution in [0.1, 0.15) is 11.1 Å². The number of nitrogens with zero attached hydrogens (tertiary/aromatic N) is 1. The molecule has 0 atom stereocenters. The van der Waals surface area contributed by atoms with Gasteiger partial charge in [0.2, 0.25) is 0 Å². The molecule has 1 nitrogen and oxygen atoms in total. The molecule has 0 aliphatic rings. The molecule has 1 aromatic heterocycles. The van der Waals surface area contributed by atoms with E-state index >= 15 is 0 Å². The molecule has 0 saturated heterocycles. The Balaban J connectivity index is 1.79. The summed E-state index contributed by atoms with van der Waals surface area (Å²) in [6.07, 6.45) is 0. The monoisotopic (exact) mass is 377 g/mol. The first-order chi connectivity index (χ1) is 12.1. The quantitative estimate of drug-likeness (QED) is 0.381. The van der Waals surface area contributed by atoms with Crippen molar-refractivity contribution in [3.63, 3.8) is 0 Å². The molecule has 3 aromatic rings. The molecule has 0 fully saturated rings. The highest BCUT2D eigenvalue weighted by Crippen LogP contribution is 2.34. The molecule has 0 radical (unpaired) electrons. The van der Waals surface area contributed by atoms with Crippen LogP contribution in [0.25, 0.3) is 0 Å². The van der Waals surface area contributed by atoms with Crippen molar-refractivity contribution in [1.82, 2.24) is 4.98 Å². The van der Waals surface area contributed by atoms with Crippen molar-refractivity contribution in [3.8, 4) is 0 Å². The van der Waals surface area contributed by atoms with E-state index in [1.807, 2.05) is 60.7 Å². The number of hydrogen-bond acceptors (Lipinski definition) is 3. The van der Waals surface area contributed by atoms with E-state index in [2.05, 4.69) is 4.98 Å². The van der Waals surface area contributed by atoms with Crippen molar-refractivity contribution in [2.24, 2.45) is 0 Å². The lowest BCUT2D eigenvalue weighted by atomic mass is 10.2. The molecule has 0 unspecified atom stereocenters. The lowest BCUT2D eigenvalue weighted by Gasteiger charge is -2.09. The Bertz CT molecular complexity index is 842. The number of halogens is 3. The number of aromatic nitrogens is 1. The zero-order chi connectivity index (χ0) is 17.6. The fourth-order valence-corrected chi connectivity index (χ4v) is 4.02. The Morgan fingerprint density at radius 2 is 1.20 bits per heavy atom. The van der Waals surface area contributed by atoms with Crippen molar-refractivity contribution in [1.29, 1.82) is 0 Å². The van der Waals surface area contributed by atoms with Gasteiger partial charge < -0.3 is 0 Å². The molecule has 128 valence electrons. The Morgan fingerprint density at radius 1 is 0.680 bits per heavy atom. The van der Waals surface area contributed by atoms with E-state index < -0.39 is 17.6 Å². The third-order valence-corrected chi connectivity index (χ3v) is 5.56. The van der Waals surface area contributed by atoms with E-state index in [0.29, 0.717) is 11.5 Å². The number of hydrogen-bond donors (Lipinski definition) is 0. The summed E-state index contributed by atoms with van der Waals surface area (Å²) in [5.74, 6) is -2.53. The van der Waals surface area contributed by atoms with Crippen LogP contribution in [0.4, 0.5) is 13.2 Å². The van der Waals surface area contributed by atoms with Crippen LogP contribution in [0.5, 0.6) is 0 Å². The van der Waals surface area contributed by atoms with Crippen molar-refractivity contribution in [2.75, 3.05) is 0 Å². The topological polar surface area (TPSA) is 12.9 Å². The largest absolute Gasteiger partial charge is 0.251 e. The maximum absolute atomic E-state index is 14.6. The predicted octanol–water partition coefficient (Wildman–Crippen LogP) is 6.08. The summed E-state index contributed by atoms with van der Waals surface area (Å²) in [5.41, 5.74) is 1.86. The zero-order valence-corrected chi connectivity index (χ0v) is 14.7. The first-order valence-corrected chi connectivity index (χ1v) is 9.50. The normalized spacial score (nSPS) is 10.8. The number of thioether (sulfide) groups is 2. The second-order valence-corrected chi connectivity index (χ2v) is 7.16. The van der Waals surface area contributed by atoms with Gasteiger partial charge in [-0.15, -0.1) is 11.8 Å². The zero-order valence-electron chi connectivity index (χ0n) is 13.1. The van der Waals surface area contributed by atoms with Crippen LogP contribution in [0.3, 0.4) is 0 Å². The standard InChI is InChI=1S/C19H14F3NS2/c20-15-17(24-11-13-7-3-1-4-8-13)16(21)19(23-18(15)22)25-12-14-9-5-2-6-10-14/h1-10H,11-12H2. The van der Waals surface area contributed by atoms with E-state index in [0.717, 1.165) is 34.7 Å². The van der Waals surface area contributed by atoms with Gasteiger partial charge in [0.15, 0.2) is 11.6 Å². The molecule has 0 N–H and O–H groups in total. The van der Waals surface area contributed by atoms with Crippen molar-refractivity contribution >= 4 is 23.5 Å². The maximum atomic E-state index is 14.6. The van der Waals surface area contributed by atoms with Crippen LogP contribution in [-0.2, 0) is 11.5 Å². The van der Waals surface area contributed by atoms with Crippen LogP contribution >= 0.6 is 23.5 Å². The van der Waals surface area contributed by atoms with Gasteiger partial charge in [-0.3, -0.25) is 0 Å². The smallest absolute Gasteiger partial charge is 0.207 e. The van der Waals surface area contributed by atoms with Gasteiger partial charge in [-0.05, 0) is 11.1 Å². The molecule has 0 aliphatic heterocycles. The van der Waals surface area contributed by atoms with Crippen molar-refractivity contribution < 1.29 is 13.2 Å². The summed E-state index contributed by atoms with van der Waals surface area (Å²) in [4.78, 5) is 3.11. The van der Waals surface area contributed by atoms with Gasteiger partial charge in [0.1, 0.15) is 5.03 Å². The molecule has 25 heavy (non-hydrogen) atoms. The highest BCUT2D eigenvalue weighted by Gasteiger charge is 2.21. The molecule has 6 heteroatoms. The van der Waals surface area contributed by atoms with Crippen molar-refractivity contribution in [2.45, 2.75) is 21.4 Å². The molecule has 0 aliphatic carbocycles. The SMILES string of the molecule is Fc1nc(SCc2ccccc2)c(F)c(SCc2ccccc2)c1F. The summed E-state index contributed by atoms with van der Waals surface area (Å²) >= 11 is 1.99. The summed E-state index contributed by atoms with van der Waals surface area (Å²) in [7, 11) is 0. The van der Waals surface area contributed by atoms with Gasteiger partial charge in [0, 0.05) is 11.5 Å². The third-order valence-electron chi connectivity index (χ3n) is 3.41. The molecule has 0 amide bonds. The van der Waals surface area contributed by atoms with Crippen LogP contribution < -0.4 is 0 Å². The average Bonchev–Trinajstić information content (AvgIpc) is 2.65. The van der Waals surface area contributed by atoms with Gasteiger partial charge >= 0.3 is 0 Å². The molecule has 3 rings (SSSR count). The minimum atomic E-state index is -1.27. The fraction of sp³-hybridized carbons (Fsp3) is 0.105. The molecule has 0 spiro atoms. The van der Waals surface area contributed by atoms with Crippen LogP contribution in [-0.4, -0.2) is 4.98 Å². The molecule has 0 saturated carbocycles. The second kappa shape index (κ2) is 8.45. The summed E-state index contributed by atoms with van der Waals surface area (Å²) in [5, 5.41) is -0.127. The van der Waals surface area contributed by atoms with Gasteiger partial charge in [0.25, 0.3) is 5.95 Å². The summed E-state index contributed by atoms with van der Waals surface area (Å²) in [6.45, 7) is 0. The third kappa shape index (κ3) is 4.58. The first-order valence-electron chi connectivity index (χ1n) is 7.53. The molecule has 2 aromatic carbocycles. The van der Waals surface area contributed by atoms with Crippen LogP contribution in [0, 0.1) is 17.6 Å². The number of benzene rings is 2. The highest BCUT2D eigenvalue weighted by molar-refractivity contribution is 7.99. The van der Waals surface area contributed by atoms with E-state index in [1.54, 1.807) is 0 Å². The molecular formula is C19H14F3NS2. The van der Waals surface area contributed by atoms with Gasteiger partial charge in [-0.1, -0.05) is 72.4 Å². The van der Waals surface area contributed by atoms with Crippen LogP contribution in [0.2, 0.25) is 0 Å². The van der Waals surface area contributed by atoms with E-state index in [9.17, 15) is 13.2 Å². The van der Waals surface area contributed by atoms with Gasteiger partial charge in [-0.25, -0.2) is 13.8 Å².